The largest absolute Gasteiger partial charge is 0.383 e. The molecule has 0 amide bonds. The molecule has 2 heterocycles. The highest BCUT2D eigenvalue weighted by Gasteiger charge is 2.27. The van der Waals surface area contributed by atoms with Crippen molar-refractivity contribution in [3.05, 3.63) is 53.7 Å². The summed E-state index contributed by atoms with van der Waals surface area (Å²) in [6.45, 7) is 2.56. The Balaban J connectivity index is 1.97. The number of hydrogen-bond donors (Lipinski definition) is 3. The fourth-order valence-corrected chi connectivity index (χ4v) is 2.31. The average Bonchev–Trinajstić information content (AvgIpc) is 2.72. The van der Waals surface area contributed by atoms with Crippen molar-refractivity contribution in [2.45, 2.75) is 19.3 Å². The first-order valence-electron chi connectivity index (χ1n) is 6.21. The first-order valence-corrected chi connectivity index (χ1v) is 6.21. The number of nitrogens with one attached hydrogen (secondary N) is 1. The van der Waals surface area contributed by atoms with E-state index in [0.717, 1.165) is 17.9 Å². The SMILES string of the molecule is CC1(N)N=C(N)c2ccn(Cc3ccccc3)c2N1. The lowest BCUT2D eigenvalue weighted by molar-refractivity contribution is 0.553. The standard InChI is InChI=1S/C14H17N5/c1-14(16)17-12(15)11-7-8-19(13(11)18-14)9-10-5-3-2-4-6-10/h2-8,18H,9,16H2,1H3,(H2,15,17). The molecular weight excluding hydrogens is 238 g/mol. The number of benzene rings is 1. The smallest absolute Gasteiger partial charge is 0.182 e. The van der Waals surface area contributed by atoms with Crippen molar-refractivity contribution in [2.24, 2.45) is 16.5 Å². The number of nitrogens with zero attached hydrogens (tertiary/aromatic N) is 2. The molecule has 0 radical (unpaired) electrons. The van der Waals surface area contributed by atoms with Crippen LogP contribution in [0, 0.1) is 0 Å². The third-order valence-electron chi connectivity index (χ3n) is 3.16. The molecule has 1 aromatic carbocycles. The van der Waals surface area contributed by atoms with E-state index in [9.17, 15) is 0 Å². The van der Waals surface area contributed by atoms with E-state index in [-0.39, 0.29) is 0 Å². The first-order chi connectivity index (χ1) is 9.05. The molecule has 1 aromatic heterocycles. The van der Waals surface area contributed by atoms with Gasteiger partial charge in [0, 0.05) is 12.7 Å². The normalized spacial score (nSPS) is 21.5. The summed E-state index contributed by atoms with van der Waals surface area (Å²) < 4.78 is 2.09. The van der Waals surface area contributed by atoms with Crippen LogP contribution in [0.5, 0.6) is 0 Å². The Morgan fingerprint density at radius 1 is 1.26 bits per heavy atom. The third-order valence-corrected chi connectivity index (χ3v) is 3.16. The molecule has 0 saturated heterocycles. The Hall–Kier alpha value is -2.27. The molecule has 5 heteroatoms. The van der Waals surface area contributed by atoms with E-state index in [1.165, 1.54) is 5.56 Å². The molecule has 0 spiro atoms. The van der Waals surface area contributed by atoms with Crippen LogP contribution in [-0.4, -0.2) is 16.2 Å². The summed E-state index contributed by atoms with van der Waals surface area (Å²) in [7, 11) is 0. The average molecular weight is 255 g/mol. The molecule has 0 saturated carbocycles. The molecule has 2 aromatic rings. The van der Waals surface area contributed by atoms with Crippen molar-refractivity contribution < 1.29 is 0 Å². The Morgan fingerprint density at radius 3 is 2.74 bits per heavy atom. The number of hydrogen-bond acceptors (Lipinski definition) is 4. The van der Waals surface area contributed by atoms with E-state index < -0.39 is 5.79 Å². The molecule has 0 bridgehead atoms. The van der Waals surface area contributed by atoms with Crippen molar-refractivity contribution in [1.82, 2.24) is 4.57 Å². The fraction of sp³-hybridized carbons (Fsp3) is 0.214. The lowest BCUT2D eigenvalue weighted by Gasteiger charge is -2.29. The Morgan fingerprint density at radius 2 is 2.00 bits per heavy atom. The molecule has 3 rings (SSSR count). The molecule has 5 nitrogen and oxygen atoms in total. The van der Waals surface area contributed by atoms with Gasteiger partial charge in [-0.15, -0.1) is 0 Å². The lowest BCUT2D eigenvalue weighted by atomic mass is 10.2. The van der Waals surface area contributed by atoms with Crippen LogP contribution in [-0.2, 0) is 6.54 Å². The Bertz CT molecular complexity index is 625. The second-order valence-electron chi connectivity index (χ2n) is 4.96. The van der Waals surface area contributed by atoms with Gasteiger partial charge in [0.2, 0.25) is 0 Å². The molecular formula is C14H17N5. The van der Waals surface area contributed by atoms with Crippen LogP contribution in [0.4, 0.5) is 5.82 Å². The van der Waals surface area contributed by atoms with Crippen LogP contribution >= 0.6 is 0 Å². The topological polar surface area (TPSA) is 81.4 Å². The van der Waals surface area contributed by atoms with Crippen molar-refractivity contribution in [2.75, 3.05) is 5.32 Å². The number of nitrogens with two attached hydrogens (primary N) is 2. The monoisotopic (exact) mass is 255 g/mol. The Kier molecular flexibility index (Phi) is 2.57. The van der Waals surface area contributed by atoms with Crippen LogP contribution in [0.3, 0.4) is 0 Å². The number of rotatable bonds is 2. The number of fused-ring (bicyclic) bond motifs is 1. The first kappa shape index (κ1) is 11.8. The predicted octanol–water partition coefficient (Wildman–Crippen LogP) is 1.30. The Labute approximate surface area is 111 Å². The van der Waals surface area contributed by atoms with Gasteiger partial charge in [0.25, 0.3) is 0 Å². The third kappa shape index (κ3) is 2.20. The van der Waals surface area contributed by atoms with Crippen molar-refractivity contribution in [3.8, 4) is 0 Å². The van der Waals surface area contributed by atoms with Gasteiger partial charge in [-0.05, 0) is 18.6 Å². The molecule has 1 atom stereocenters. The summed E-state index contributed by atoms with van der Waals surface area (Å²) in [6.07, 6.45) is 1.99. The van der Waals surface area contributed by atoms with Gasteiger partial charge in [-0.1, -0.05) is 30.3 Å². The van der Waals surface area contributed by atoms with Crippen LogP contribution < -0.4 is 16.8 Å². The lowest BCUT2D eigenvalue weighted by Crippen LogP contribution is -2.47. The molecule has 1 aliphatic rings. The molecule has 0 aliphatic carbocycles. The van der Waals surface area contributed by atoms with Gasteiger partial charge in [0.1, 0.15) is 11.7 Å². The summed E-state index contributed by atoms with van der Waals surface area (Å²) in [4.78, 5) is 4.22. The number of aromatic nitrogens is 1. The van der Waals surface area contributed by atoms with E-state index in [1.807, 2.05) is 30.5 Å². The van der Waals surface area contributed by atoms with Crippen LogP contribution in [0.25, 0.3) is 0 Å². The maximum Gasteiger partial charge on any atom is 0.182 e. The van der Waals surface area contributed by atoms with Gasteiger partial charge < -0.3 is 15.6 Å². The van der Waals surface area contributed by atoms with Gasteiger partial charge >= 0.3 is 0 Å². The molecule has 0 fully saturated rings. The van der Waals surface area contributed by atoms with Crippen molar-refractivity contribution in [1.29, 1.82) is 0 Å². The second kappa shape index (κ2) is 4.13. The minimum absolute atomic E-state index is 0.477. The summed E-state index contributed by atoms with van der Waals surface area (Å²) in [5.74, 6) is 0.538. The number of aliphatic imine (C=N–C) groups is 1. The molecule has 5 N–H and O–H groups in total. The van der Waals surface area contributed by atoms with Gasteiger partial charge in [-0.25, -0.2) is 4.99 Å². The zero-order chi connectivity index (χ0) is 13.5. The minimum Gasteiger partial charge on any atom is -0.383 e. The summed E-state index contributed by atoms with van der Waals surface area (Å²) in [5.41, 5.74) is 14.1. The maximum atomic E-state index is 6.01. The highest BCUT2D eigenvalue weighted by molar-refractivity contribution is 6.03. The minimum atomic E-state index is -0.857. The zero-order valence-electron chi connectivity index (χ0n) is 10.8. The number of anilines is 1. The van der Waals surface area contributed by atoms with Crippen molar-refractivity contribution >= 4 is 11.7 Å². The van der Waals surface area contributed by atoms with E-state index in [2.05, 4.69) is 27.0 Å². The highest BCUT2D eigenvalue weighted by atomic mass is 15.3. The summed E-state index contributed by atoms with van der Waals surface area (Å²) in [5, 5.41) is 3.21. The van der Waals surface area contributed by atoms with E-state index >= 15 is 0 Å². The van der Waals surface area contributed by atoms with E-state index in [1.54, 1.807) is 6.92 Å². The highest BCUT2D eigenvalue weighted by Crippen LogP contribution is 2.26. The molecule has 98 valence electrons. The maximum absolute atomic E-state index is 6.01. The van der Waals surface area contributed by atoms with Gasteiger partial charge in [0.15, 0.2) is 5.79 Å². The van der Waals surface area contributed by atoms with Crippen LogP contribution in [0.2, 0.25) is 0 Å². The van der Waals surface area contributed by atoms with E-state index in [0.29, 0.717) is 5.84 Å². The quantitative estimate of drug-likeness (QED) is 0.756. The predicted molar refractivity (Wildman–Crippen MR) is 76.9 cm³/mol. The fourth-order valence-electron chi connectivity index (χ4n) is 2.31. The van der Waals surface area contributed by atoms with Gasteiger partial charge in [-0.3, -0.25) is 5.73 Å². The zero-order valence-corrected chi connectivity index (χ0v) is 10.8. The molecule has 1 unspecified atom stereocenters. The second-order valence-corrected chi connectivity index (χ2v) is 4.96. The van der Waals surface area contributed by atoms with Crippen molar-refractivity contribution in [3.63, 3.8) is 0 Å². The van der Waals surface area contributed by atoms with E-state index in [4.69, 9.17) is 11.5 Å². The summed E-state index contributed by atoms with van der Waals surface area (Å²) >= 11 is 0. The number of amidine groups is 1. The molecule has 1 aliphatic heterocycles. The van der Waals surface area contributed by atoms with Gasteiger partial charge in [-0.2, -0.15) is 0 Å². The van der Waals surface area contributed by atoms with Crippen LogP contribution in [0.15, 0.2) is 47.6 Å². The summed E-state index contributed by atoms with van der Waals surface area (Å²) in [6, 6.07) is 12.2. The van der Waals surface area contributed by atoms with Crippen LogP contribution in [0.1, 0.15) is 18.1 Å². The molecule has 19 heavy (non-hydrogen) atoms. The van der Waals surface area contributed by atoms with Gasteiger partial charge in [0.05, 0.1) is 5.56 Å².